The second-order valence-corrected chi connectivity index (χ2v) is 8.66. The molecule has 0 saturated carbocycles. The molecule has 3 rings (SSSR count). The summed E-state index contributed by atoms with van der Waals surface area (Å²) in [5.74, 6) is -0.0727. The molecule has 0 saturated heterocycles. The summed E-state index contributed by atoms with van der Waals surface area (Å²) >= 11 is 7.97. The second kappa shape index (κ2) is 10.5. The van der Waals surface area contributed by atoms with E-state index in [-0.39, 0.29) is 16.4 Å². The van der Waals surface area contributed by atoms with Gasteiger partial charge in [0, 0.05) is 9.77 Å². The monoisotopic (exact) mass is 408 g/mol. The van der Waals surface area contributed by atoms with Gasteiger partial charge in [-0.1, -0.05) is 57.5 Å². The van der Waals surface area contributed by atoms with E-state index in [0.717, 1.165) is 20.2 Å². The third kappa shape index (κ3) is 4.56. The van der Waals surface area contributed by atoms with Crippen LogP contribution in [0.2, 0.25) is 0 Å². The Hall–Kier alpha value is -1.61. The van der Waals surface area contributed by atoms with E-state index in [1.165, 1.54) is 11.3 Å². The Labute approximate surface area is 168 Å². The van der Waals surface area contributed by atoms with Crippen molar-refractivity contribution in [3.05, 3.63) is 51.2 Å². The SMILES string of the molecule is CC.CC.Cc1cc2c(s1)C(=O)N(Cc1ccccc1C#N)C(Cl)=S2C. The van der Waals surface area contributed by atoms with E-state index >= 15 is 0 Å². The lowest BCUT2D eigenvalue weighted by Crippen LogP contribution is -2.36. The topological polar surface area (TPSA) is 44.1 Å². The van der Waals surface area contributed by atoms with E-state index < -0.39 is 0 Å². The summed E-state index contributed by atoms with van der Waals surface area (Å²) in [5, 5.41) is 9.20. The summed E-state index contributed by atoms with van der Waals surface area (Å²) in [5.41, 5.74) is 1.38. The van der Waals surface area contributed by atoms with E-state index in [0.29, 0.717) is 16.6 Å². The minimum atomic E-state index is -0.307. The Balaban J connectivity index is 0.000000791. The van der Waals surface area contributed by atoms with E-state index in [1.807, 2.05) is 65.1 Å². The average molecular weight is 409 g/mol. The zero-order chi connectivity index (χ0) is 19.9. The fourth-order valence-corrected chi connectivity index (χ4v) is 5.59. The molecule has 1 aromatic heterocycles. The summed E-state index contributed by atoms with van der Waals surface area (Å²) in [7, 11) is -0.307. The lowest BCUT2D eigenvalue weighted by atomic mass is 10.1. The first kappa shape index (κ1) is 22.4. The van der Waals surface area contributed by atoms with Gasteiger partial charge in [-0.15, -0.1) is 21.8 Å². The van der Waals surface area contributed by atoms with Crippen LogP contribution in [0.5, 0.6) is 0 Å². The highest BCUT2D eigenvalue weighted by molar-refractivity contribution is 8.17. The van der Waals surface area contributed by atoms with Gasteiger partial charge >= 0.3 is 0 Å². The molecule has 3 nitrogen and oxygen atoms in total. The summed E-state index contributed by atoms with van der Waals surface area (Å²) in [6, 6.07) is 11.5. The van der Waals surface area contributed by atoms with Crippen LogP contribution in [-0.2, 0) is 6.54 Å². The van der Waals surface area contributed by atoms with Gasteiger partial charge in [-0.3, -0.25) is 9.69 Å². The van der Waals surface area contributed by atoms with E-state index in [2.05, 4.69) is 6.07 Å². The van der Waals surface area contributed by atoms with Crippen molar-refractivity contribution in [2.24, 2.45) is 0 Å². The first-order valence-electron chi connectivity index (χ1n) is 8.61. The van der Waals surface area contributed by atoms with Crippen molar-refractivity contribution in [1.29, 1.82) is 5.26 Å². The van der Waals surface area contributed by atoms with Gasteiger partial charge in [0.2, 0.25) is 0 Å². The number of fused-ring (bicyclic) bond motifs is 1. The molecule has 1 atom stereocenters. The van der Waals surface area contributed by atoms with Crippen LogP contribution >= 0.6 is 33.4 Å². The second-order valence-electron chi connectivity index (χ2n) is 4.97. The molecule has 0 fully saturated rings. The van der Waals surface area contributed by atoms with Crippen molar-refractivity contribution in [3.63, 3.8) is 0 Å². The van der Waals surface area contributed by atoms with E-state index in [1.54, 1.807) is 11.0 Å². The van der Waals surface area contributed by atoms with Crippen molar-refractivity contribution in [2.45, 2.75) is 46.1 Å². The quantitative estimate of drug-likeness (QED) is 0.336. The molecular formula is C20H25ClN2OS2. The number of hydrogen-bond donors (Lipinski definition) is 0. The molecule has 1 amide bonds. The number of benzene rings is 1. The van der Waals surface area contributed by atoms with Crippen molar-refractivity contribution in [1.82, 2.24) is 4.90 Å². The van der Waals surface area contributed by atoms with Crippen molar-refractivity contribution in [2.75, 3.05) is 6.26 Å². The van der Waals surface area contributed by atoms with Crippen LogP contribution in [0.1, 0.15) is 53.4 Å². The van der Waals surface area contributed by atoms with Crippen molar-refractivity contribution in [3.8, 4) is 6.07 Å². The number of nitriles is 1. The molecule has 0 bridgehead atoms. The molecule has 1 aromatic carbocycles. The molecule has 140 valence electrons. The van der Waals surface area contributed by atoms with Gasteiger partial charge in [-0.25, -0.2) is 0 Å². The van der Waals surface area contributed by atoms with Crippen LogP contribution in [0.4, 0.5) is 0 Å². The maximum Gasteiger partial charge on any atom is 0.270 e. The van der Waals surface area contributed by atoms with Crippen LogP contribution in [0, 0.1) is 18.3 Å². The molecule has 6 heteroatoms. The molecule has 2 heterocycles. The molecule has 1 aliphatic rings. The van der Waals surface area contributed by atoms with Gasteiger partial charge in [0.1, 0.15) is 9.32 Å². The van der Waals surface area contributed by atoms with Crippen molar-refractivity contribution < 1.29 is 4.79 Å². The molecule has 2 aromatic rings. The Morgan fingerprint density at radius 2 is 1.85 bits per heavy atom. The molecule has 0 N–H and O–H groups in total. The molecular weight excluding hydrogens is 384 g/mol. The lowest BCUT2D eigenvalue weighted by Gasteiger charge is -2.28. The van der Waals surface area contributed by atoms with Gasteiger partial charge in [-0.2, -0.15) is 5.26 Å². The Morgan fingerprint density at radius 1 is 1.23 bits per heavy atom. The smallest absolute Gasteiger partial charge is 0.270 e. The number of rotatable bonds is 2. The normalized spacial score (nSPS) is 15.2. The predicted octanol–water partition coefficient (Wildman–Crippen LogP) is 6.22. The number of carbonyl (C=O) groups is 1. The zero-order valence-electron chi connectivity index (χ0n) is 16.1. The summed E-state index contributed by atoms with van der Waals surface area (Å²) in [6.45, 7) is 10.3. The lowest BCUT2D eigenvalue weighted by molar-refractivity contribution is 0.0845. The fourth-order valence-electron chi connectivity index (χ4n) is 2.40. The Morgan fingerprint density at radius 3 is 2.46 bits per heavy atom. The van der Waals surface area contributed by atoms with Crippen LogP contribution in [-0.4, -0.2) is 21.5 Å². The highest BCUT2D eigenvalue weighted by Gasteiger charge is 2.31. The van der Waals surface area contributed by atoms with E-state index in [9.17, 15) is 10.1 Å². The molecule has 1 aliphatic heterocycles. The van der Waals surface area contributed by atoms with Crippen molar-refractivity contribution >= 4 is 43.8 Å². The molecule has 1 unspecified atom stereocenters. The molecule has 26 heavy (non-hydrogen) atoms. The maximum absolute atomic E-state index is 12.7. The number of halogens is 1. The third-order valence-electron chi connectivity index (χ3n) is 3.52. The first-order chi connectivity index (χ1) is 12.5. The van der Waals surface area contributed by atoms with Gasteiger partial charge in [0.05, 0.1) is 18.2 Å². The predicted molar refractivity (Wildman–Crippen MR) is 115 cm³/mol. The number of carbonyl (C=O) groups excluding carboxylic acids is 1. The molecule has 0 spiro atoms. The zero-order valence-corrected chi connectivity index (χ0v) is 18.5. The maximum atomic E-state index is 12.7. The summed E-state index contributed by atoms with van der Waals surface area (Å²) in [6.07, 6.45) is 2.03. The molecule has 0 aliphatic carbocycles. The third-order valence-corrected chi connectivity index (χ3v) is 7.30. The van der Waals surface area contributed by atoms with Crippen LogP contribution in [0.3, 0.4) is 0 Å². The number of aryl methyl sites for hydroxylation is 1. The minimum Gasteiger partial charge on any atom is -0.288 e. The van der Waals surface area contributed by atoms with Crippen LogP contribution in [0.15, 0.2) is 35.2 Å². The first-order valence-corrected chi connectivity index (χ1v) is 11.4. The standard InChI is InChI=1S/C16H13ClN2OS2.2C2H6/c1-10-7-13-14(21-10)15(20)19(16(17)22(13)2)9-12-6-4-3-5-11(12)8-18;2*1-2/h3-7H,9H2,1-2H3;2*1-2H3. The Bertz CT molecular complexity index is 850. The highest BCUT2D eigenvalue weighted by atomic mass is 35.5. The summed E-state index contributed by atoms with van der Waals surface area (Å²) in [4.78, 5) is 17.2. The van der Waals surface area contributed by atoms with E-state index in [4.69, 9.17) is 11.6 Å². The minimum absolute atomic E-state index is 0.0727. The largest absolute Gasteiger partial charge is 0.288 e. The number of nitrogens with zero attached hydrogens (tertiary/aromatic N) is 2. The highest BCUT2D eigenvalue weighted by Crippen LogP contribution is 2.41. The fraction of sp³-hybridized carbons (Fsp3) is 0.350. The van der Waals surface area contributed by atoms with Gasteiger partial charge in [0.15, 0.2) is 0 Å². The number of thiophene rings is 1. The van der Waals surface area contributed by atoms with Gasteiger partial charge < -0.3 is 0 Å². The van der Waals surface area contributed by atoms with Gasteiger partial charge in [-0.05, 0) is 30.9 Å². The van der Waals surface area contributed by atoms with Crippen LogP contribution in [0.25, 0.3) is 0 Å². The van der Waals surface area contributed by atoms with Gasteiger partial charge in [0.25, 0.3) is 5.91 Å². The summed E-state index contributed by atoms with van der Waals surface area (Å²) < 4.78 is 0.544. The van der Waals surface area contributed by atoms with Crippen LogP contribution < -0.4 is 0 Å². The average Bonchev–Trinajstić information content (AvgIpc) is 3.09. The number of hydrogen-bond acceptors (Lipinski definition) is 3. The Kier molecular flexibility index (Phi) is 9.07. The molecule has 0 radical (unpaired) electrons. The number of amides is 1.